The molecule has 0 saturated carbocycles. The Labute approximate surface area is 224 Å². The summed E-state index contributed by atoms with van der Waals surface area (Å²) < 4.78 is 6.91. The van der Waals surface area contributed by atoms with Crippen LogP contribution in [-0.2, 0) is 14.9 Å². The van der Waals surface area contributed by atoms with Crippen LogP contribution in [0.25, 0.3) is 16.9 Å². The number of para-hydroxylation sites is 1. The summed E-state index contributed by atoms with van der Waals surface area (Å²) in [4.78, 5) is 28.1. The maximum atomic E-state index is 13.3. The van der Waals surface area contributed by atoms with Crippen molar-refractivity contribution in [3.8, 4) is 16.9 Å². The molecule has 1 N–H and O–H groups in total. The summed E-state index contributed by atoms with van der Waals surface area (Å²) in [5.41, 5.74) is 4.14. The number of carbonyl (C=O) groups excluding carboxylic acids is 2. The predicted octanol–water partition coefficient (Wildman–Crippen LogP) is 5.56. The van der Waals surface area contributed by atoms with Crippen LogP contribution in [0.1, 0.15) is 36.7 Å². The molecule has 7 nitrogen and oxygen atoms in total. The second-order valence-electron chi connectivity index (χ2n) is 10.1. The summed E-state index contributed by atoms with van der Waals surface area (Å²) in [7, 11) is 1.57. The van der Waals surface area contributed by atoms with Crippen LogP contribution >= 0.6 is 0 Å². The summed E-state index contributed by atoms with van der Waals surface area (Å²) in [5.74, 6) is -0.0228. The second kappa shape index (κ2) is 11.9. The molecule has 0 aliphatic rings. The fourth-order valence-electron chi connectivity index (χ4n) is 4.09. The number of nitrogens with zero attached hydrogens (tertiary/aromatic N) is 3. The van der Waals surface area contributed by atoms with E-state index in [2.05, 4.69) is 26.1 Å². The molecule has 3 aromatic carbocycles. The molecule has 4 aromatic rings. The van der Waals surface area contributed by atoms with Crippen LogP contribution in [0.3, 0.4) is 0 Å². The zero-order chi connectivity index (χ0) is 27.1. The van der Waals surface area contributed by atoms with Gasteiger partial charge in [0.15, 0.2) is 0 Å². The number of rotatable bonds is 9. The van der Waals surface area contributed by atoms with Crippen LogP contribution in [0.5, 0.6) is 0 Å². The van der Waals surface area contributed by atoms with Crippen LogP contribution in [0.4, 0.5) is 5.82 Å². The van der Waals surface area contributed by atoms with E-state index in [1.54, 1.807) is 11.8 Å². The van der Waals surface area contributed by atoms with Crippen LogP contribution in [0.2, 0.25) is 0 Å². The highest BCUT2D eigenvalue weighted by molar-refractivity contribution is 5.99. The van der Waals surface area contributed by atoms with Gasteiger partial charge in [0.05, 0.1) is 18.0 Å². The molecule has 0 bridgehead atoms. The minimum atomic E-state index is -0.322. The highest BCUT2D eigenvalue weighted by atomic mass is 16.5. The van der Waals surface area contributed by atoms with E-state index in [4.69, 9.17) is 9.84 Å². The first-order chi connectivity index (χ1) is 18.3. The van der Waals surface area contributed by atoms with Crippen molar-refractivity contribution in [2.24, 2.45) is 0 Å². The Kier molecular flexibility index (Phi) is 8.38. The normalized spacial score (nSPS) is 11.3. The van der Waals surface area contributed by atoms with E-state index >= 15 is 0 Å². The number of methoxy groups -OCH3 is 1. The molecule has 38 heavy (non-hydrogen) atoms. The lowest BCUT2D eigenvalue weighted by Gasteiger charge is -2.23. The Morgan fingerprint density at radius 2 is 1.55 bits per heavy atom. The third-order valence-corrected chi connectivity index (χ3v) is 6.23. The number of benzene rings is 3. The molecule has 1 heterocycles. The SMILES string of the molecule is COCCN(CC(=O)Nc1cc(-c2ccccc2)nn1-c1ccccc1)C(=O)c1ccc(C(C)(C)C)cc1. The molecule has 0 atom stereocenters. The van der Waals surface area contributed by atoms with Crippen molar-refractivity contribution in [1.29, 1.82) is 0 Å². The van der Waals surface area contributed by atoms with Gasteiger partial charge in [-0.05, 0) is 35.2 Å². The van der Waals surface area contributed by atoms with E-state index in [9.17, 15) is 9.59 Å². The van der Waals surface area contributed by atoms with Gasteiger partial charge in [-0.2, -0.15) is 5.10 Å². The quantitative estimate of drug-likeness (QED) is 0.320. The summed E-state index contributed by atoms with van der Waals surface area (Å²) >= 11 is 0. The Hall–Kier alpha value is -4.23. The topological polar surface area (TPSA) is 76.5 Å². The van der Waals surface area contributed by atoms with Crippen molar-refractivity contribution in [1.82, 2.24) is 14.7 Å². The number of aromatic nitrogens is 2. The highest BCUT2D eigenvalue weighted by Gasteiger charge is 2.22. The van der Waals surface area contributed by atoms with E-state index in [1.165, 1.54) is 4.90 Å². The second-order valence-corrected chi connectivity index (χ2v) is 10.1. The summed E-state index contributed by atoms with van der Waals surface area (Å²) in [6.45, 7) is 6.87. The molecule has 0 aliphatic heterocycles. The van der Waals surface area contributed by atoms with Crippen LogP contribution in [0.15, 0.2) is 91.0 Å². The number of anilines is 1. The molecule has 1 aromatic heterocycles. The Balaban J connectivity index is 1.56. The van der Waals surface area contributed by atoms with Crippen LogP contribution in [0, 0.1) is 0 Å². The lowest BCUT2D eigenvalue weighted by atomic mass is 9.86. The minimum Gasteiger partial charge on any atom is -0.383 e. The first-order valence-electron chi connectivity index (χ1n) is 12.7. The Morgan fingerprint density at radius 3 is 2.16 bits per heavy atom. The first-order valence-corrected chi connectivity index (χ1v) is 12.7. The number of amides is 2. The molecule has 0 radical (unpaired) electrons. The lowest BCUT2D eigenvalue weighted by Crippen LogP contribution is -2.40. The molecular formula is C31H34N4O3. The predicted molar refractivity (Wildman–Crippen MR) is 151 cm³/mol. The van der Waals surface area contributed by atoms with Crippen LogP contribution in [-0.4, -0.2) is 53.3 Å². The van der Waals surface area contributed by atoms with E-state index in [0.29, 0.717) is 18.0 Å². The molecular weight excluding hydrogens is 476 g/mol. The summed E-state index contributed by atoms with van der Waals surface area (Å²) in [6, 6.07) is 28.8. The molecule has 0 aliphatic carbocycles. The Bertz CT molecular complexity index is 1360. The lowest BCUT2D eigenvalue weighted by molar-refractivity contribution is -0.117. The number of nitrogens with one attached hydrogen (secondary N) is 1. The average molecular weight is 511 g/mol. The van der Waals surface area contributed by atoms with Crippen LogP contribution < -0.4 is 5.32 Å². The van der Waals surface area contributed by atoms with E-state index in [-0.39, 0.29) is 30.3 Å². The van der Waals surface area contributed by atoms with Crippen molar-refractivity contribution < 1.29 is 14.3 Å². The van der Waals surface area contributed by atoms with Gasteiger partial charge in [0.2, 0.25) is 5.91 Å². The number of ether oxygens (including phenoxy) is 1. The summed E-state index contributed by atoms with van der Waals surface area (Å²) in [5, 5.41) is 7.71. The van der Waals surface area contributed by atoms with Gasteiger partial charge >= 0.3 is 0 Å². The van der Waals surface area contributed by atoms with Gasteiger partial charge in [-0.1, -0.05) is 81.4 Å². The van der Waals surface area contributed by atoms with Crippen molar-refractivity contribution in [2.45, 2.75) is 26.2 Å². The minimum absolute atomic E-state index is 0.0164. The van der Waals surface area contributed by atoms with Crippen molar-refractivity contribution in [3.63, 3.8) is 0 Å². The molecule has 0 unspecified atom stereocenters. The van der Waals surface area contributed by atoms with E-state index in [0.717, 1.165) is 22.5 Å². The Morgan fingerprint density at radius 1 is 0.921 bits per heavy atom. The van der Waals surface area contributed by atoms with E-state index in [1.807, 2.05) is 91.0 Å². The molecule has 2 amide bonds. The summed E-state index contributed by atoms with van der Waals surface area (Å²) in [6.07, 6.45) is 0. The average Bonchev–Trinajstić information content (AvgIpc) is 3.34. The number of carbonyl (C=O) groups is 2. The van der Waals surface area contributed by atoms with Gasteiger partial charge in [-0.15, -0.1) is 0 Å². The van der Waals surface area contributed by atoms with E-state index < -0.39 is 0 Å². The van der Waals surface area contributed by atoms with Gasteiger partial charge in [0.25, 0.3) is 5.91 Å². The molecule has 0 fully saturated rings. The van der Waals surface area contributed by atoms with Crippen molar-refractivity contribution in [2.75, 3.05) is 32.1 Å². The fourth-order valence-corrected chi connectivity index (χ4v) is 4.09. The third kappa shape index (κ3) is 6.55. The molecule has 4 rings (SSSR count). The number of hydrogen-bond donors (Lipinski definition) is 1. The molecule has 0 saturated heterocycles. The standard InChI is InChI=1S/C31H34N4O3/c1-31(2,3)25-17-15-24(16-18-25)30(37)34(19-20-38-4)22-29(36)32-28-21-27(23-11-7-5-8-12-23)33-35(28)26-13-9-6-10-14-26/h5-18,21H,19-20,22H2,1-4H3,(H,32,36). The highest BCUT2D eigenvalue weighted by Crippen LogP contribution is 2.25. The van der Waals surface area contributed by atoms with Gasteiger partial charge in [-0.25, -0.2) is 4.68 Å². The monoisotopic (exact) mass is 510 g/mol. The van der Waals surface area contributed by atoms with Gasteiger partial charge < -0.3 is 15.0 Å². The maximum absolute atomic E-state index is 13.3. The molecule has 7 heteroatoms. The smallest absolute Gasteiger partial charge is 0.254 e. The number of hydrogen-bond acceptors (Lipinski definition) is 4. The zero-order valence-electron chi connectivity index (χ0n) is 22.3. The largest absolute Gasteiger partial charge is 0.383 e. The molecule has 196 valence electrons. The third-order valence-electron chi connectivity index (χ3n) is 6.23. The molecule has 0 spiro atoms. The van der Waals surface area contributed by atoms with Gasteiger partial charge in [0, 0.05) is 30.8 Å². The fraction of sp³-hybridized carbons (Fsp3) is 0.258. The van der Waals surface area contributed by atoms with Gasteiger partial charge in [-0.3, -0.25) is 9.59 Å². The maximum Gasteiger partial charge on any atom is 0.254 e. The first kappa shape index (κ1) is 26.8. The van der Waals surface area contributed by atoms with Crippen molar-refractivity contribution >= 4 is 17.6 Å². The van der Waals surface area contributed by atoms with Gasteiger partial charge in [0.1, 0.15) is 12.4 Å². The van der Waals surface area contributed by atoms with Crippen molar-refractivity contribution in [3.05, 3.63) is 102 Å². The zero-order valence-corrected chi connectivity index (χ0v) is 22.3.